The molecule has 0 aliphatic heterocycles. The van der Waals surface area contributed by atoms with Gasteiger partial charge in [0.1, 0.15) is 0 Å². The van der Waals surface area contributed by atoms with Crippen LogP contribution in [0.5, 0.6) is 0 Å². The molecular weight excluding hydrogens is 236 g/mol. The molecule has 4 nitrogen and oxygen atoms in total. The van der Waals surface area contributed by atoms with E-state index in [1.54, 1.807) is 10.9 Å². The van der Waals surface area contributed by atoms with Crippen molar-refractivity contribution < 1.29 is 0 Å². The lowest BCUT2D eigenvalue weighted by Gasteiger charge is -2.09. The Morgan fingerprint density at radius 3 is 2.63 bits per heavy atom. The fraction of sp³-hybridized carbons (Fsp3) is 0.0667. The number of nitrogens with zero attached hydrogens (tertiary/aromatic N) is 3. The molecule has 0 fully saturated rings. The molecule has 4 heteroatoms. The summed E-state index contributed by atoms with van der Waals surface area (Å²) in [5.74, 6) is 0. The molecule has 19 heavy (non-hydrogen) atoms. The first-order valence-corrected chi connectivity index (χ1v) is 5.95. The smallest absolute Gasteiger partial charge is 0.0998 e. The first-order chi connectivity index (χ1) is 9.28. The highest BCUT2D eigenvalue weighted by Crippen LogP contribution is 2.28. The summed E-state index contributed by atoms with van der Waals surface area (Å²) in [6.45, 7) is 0. The Kier molecular flexibility index (Phi) is 2.66. The molecule has 2 aromatic carbocycles. The molecule has 0 radical (unpaired) electrons. The maximum atomic E-state index is 9.14. The second kappa shape index (κ2) is 4.46. The Balaban J connectivity index is 2.12. The van der Waals surface area contributed by atoms with Gasteiger partial charge in [0.05, 0.1) is 23.5 Å². The summed E-state index contributed by atoms with van der Waals surface area (Å²) >= 11 is 0. The van der Waals surface area contributed by atoms with Crippen molar-refractivity contribution in [3.05, 3.63) is 54.4 Å². The van der Waals surface area contributed by atoms with E-state index in [1.165, 1.54) is 0 Å². The zero-order valence-electron chi connectivity index (χ0n) is 10.5. The lowest BCUT2D eigenvalue weighted by Crippen LogP contribution is -1.91. The molecule has 1 heterocycles. The maximum Gasteiger partial charge on any atom is 0.0998 e. The molecule has 0 atom stereocenters. The van der Waals surface area contributed by atoms with E-state index in [0.717, 1.165) is 22.1 Å². The molecule has 1 N–H and O–H groups in total. The molecular formula is C15H12N4. The zero-order chi connectivity index (χ0) is 13.2. The van der Waals surface area contributed by atoms with Crippen LogP contribution in [0, 0.1) is 11.3 Å². The van der Waals surface area contributed by atoms with Gasteiger partial charge in [-0.15, -0.1) is 0 Å². The van der Waals surface area contributed by atoms with Crippen molar-refractivity contribution in [2.75, 3.05) is 5.32 Å². The number of hydrogen-bond donors (Lipinski definition) is 1. The first-order valence-electron chi connectivity index (χ1n) is 5.95. The van der Waals surface area contributed by atoms with Gasteiger partial charge in [0.2, 0.25) is 0 Å². The predicted octanol–water partition coefficient (Wildman–Crippen LogP) is 3.19. The summed E-state index contributed by atoms with van der Waals surface area (Å²) in [5, 5.41) is 18.6. The molecule has 92 valence electrons. The van der Waals surface area contributed by atoms with Crippen molar-refractivity contribution >= 4 is 22.1 Å². The van der Waals surface area contributed by atoms with Gasteiger partial charge in [-0.05, 0) is 12.1 Å². The highest BCUT2D eigenvalue weighted by molar-refractivity contribution is 5.98. The van der Waals surface area contributed by atoms with Crippen molar-refractivity contribution in [1.29, 1.82) is 5.26 Å². The van der Waals surface area contributed by atoms with Crippen molar-refractivity contribution in [3.8, 4) is 6.07 Å². The Hall–Kier alpha value is -2.80. The van der Waals surface area contributed by atoms with Crippen molar-refractivity contribution in [2.45, 2.75) is 0 Å². The molecule has 0 aliphatic carbocycles. The summed E-state index contributed by atoms with van der Waals surface area (Å²) in [7, 11) is 1.88. The van der Waals surface area contributed by atoms with Crippen LogP contribution in [0.15, 0.2) is 48.8 Å². The van der Waals surface area contributed by atoms with Gasteiger partial charge in [-0.1, -0.05) is 24.3 Å². The zero-order valence-corrected chi connectivity index (χ0v) is 10.5. The van der Waals surface area contributed by atoms with Gasteiger partial charge in [0, 0.05) is 29.7 Å². The molecule has 0 saturated heterocycles. The summed E-state index contributed by atoms with van der Waals surface area (Å²) in [6.07, 6.45) is 3.68. The molecule has 0 amide bonds. The predicted molar refractivity (Wildman–Crippen MR) is 75.2 cm³/mol. The summed E-state index contributed by atoms with van der Waals surface area (Å²) in [5.41, 5.74) is 2.59. The van der Waals surface area contributed by atoms with Gasteiger partial charge in [-0.2, -0.15) is 10.4 Å². The lowest BCUT2D eigenvalue weighted by atomic mass is 10.0. The number of nitrogens with one attached hydrogen (secondary N) is 1. The van der Waals surface area contributed by atoms with Crippen LogP contribution in [0.3, 0.4) is 0 Å². The van der Waals surface area contributed by atoms with Crippen LogP contribution in [-0.2, 0) is 7.05 Å². The summed E-state index contributed by atoms with van der Waals surface area (Å²) in [4.78, 5) is 0. The Morgan fingerprint density at radius 1 is 1.16 bits per heavy atom. The Labute approximate surface area is 110 Å². The van der Waals surface area contributed by atoms with Crippen LogP contribution in [0.25, 0.3) is 10.8 Å². The van der Waals surface area contributed by atoms with E-state index in [2.05, 4.69) is 16.5 Å². The quantitative estimate of drug-likeness (QED) is 0.757. The second-order valence-electron chi connectivity index (χ2n) is 4.35. The number of benzene rings is 2. The number of hydrogen-bond acceptors (Lipinski definition) is 3. The number of aromatic nitrogens is 2. The highest BCUT2D eigenvalue weighted by Gasteiger charge is 2.06. The monoisotopic (exact) mass is 248 g/mol. The molecule has 3 aromatic rings. The molecule has 0 bridgehead atoms. The van der Waals surface area contributed by atoms with E-state index >= 15 is 0 Å². The molecule has 0 aliphatic rings. The summed E-state index contributed by atoms with van der Waals surface area (Å²) < 4.78 is 1.74. The van der Waals surface area contributed by atoms with Gasteiger partial charge < -0.3 is 5.32 Å². The van der Waals surface area contributed by atoms with Gasteiger partial charge in [0.25, 0.3) is 0 Å². The number of nitriles is 1. The van der Waals surface area contributed by atoms with Crippen LogP contribution in [0.2, 0.25) is 0 Å². The third-order valence-corrected chi connectivity index (χ3v) is 3.03. The third-order valence-electron chi connectivity index (χ3n) is 3.03. The third kappa shape index (κ3) is 2.02. The fourth-order valence-electron chi connectivity index (χ4n) is 2.15. The minimum absolute atomic E-state index is 0.687. The van der Waals surface area contributed by atoms with E-state index in [4.69, 9.17) is 5.26 Å². The SMILES string of the molecule is Cn1cc(Nc2ccc(C#N)c3ccccc23)cn1. The minimum atomic E-state index is 0.687. The average molecular weight is 248 g/mol. The van der Waals surface area contributed by atoms with Crippen LogP contribution >= 0.6 is 0 Å². The molecule has 0 spiro atoms. The Morgan fingerprint density at radius 2 is 1.95 bits per heavy atom. The number of fused-ring (bicyclic) bond motifs is 1. The standard InChI is InChI=1S/C15H12N4/c1-19-10-12(9-17-19)18-15-7-6-11(8-16)13-4-2-3-5-14(13)15/h2-7,9-10,18H,1H3. The maximum absolute atomic E-state index is 9.14. The second-order valence-corrected chi connectivity index (χ2v) is 4.35. The molecule has 3 rings (SSSR count). The topological polar surface area (TPSA) is 53.6 Å². The van der Waals surface area contributed by atoms with E-state index < -0.39 is 0 Å². The number of anilines is 2. The molecule has 0 saturated carbocycles. The van der Waals surface area contributed by atoms with Crippen LogP contribution < -0.4 is 5.32 Å². The summed E-state index contributed by atoms with van der Waals surface area (Å²) in [6, 6.07) is 13.9. The largest absolute Gasteiger partial charge is 0.352 e. The van der Waals surface area contributed by atoms with E-state index in [0.29, 0.717) is 5.56 Å². The van der Waals surface area contributed by atoms with Crippen LogP contribution in [0.1, 0.15) is 5.56 Å². The number of aryl methyl sites for hydroxylation is 1. The van der Waals surface area contributed by atoms with E-state index in [-0.39, 0.29) is 0 Å². The average Bonchev–Trinajstić information content (AvgIpc) is 2.85. The van der Waals surface area contributed by atoms with Gasteiger partial charge in [0.15, 0.2) is 0 Å². The van der Waals surface area contributed by atoms with Crippen LogP contribution in [-0.4, -0.2) is 9.78 Å². The minimum Gasteiger partial charge on any atom is -0.352 e. The normalized spacial score (nSPS) is 10.3. The van der Waals surface area contributed by atoms with Crippen molar-refractivity contribution in [1.82, 2.24) is 9.78 Å². The Bertz CT molecular complexity index is 780. The van der Waals surface area contributed by atoms with Crippen molar-refractivity contribution in [2.24, 2.45) is 7.05 Å². The van der Waals surface area contributed by atoms with Crippen molar-refractivity contribution in [3.63, 3.8) is 0 Å². The lowest BCUT2D eigenvalue weighted by molar-refractivity contribution is 0.768. The van der Waals surface area contributed by atoms with Gasteiger partial charge >= 0.3 is 0 Å². The molecule has 0 unspecified atom stereocenters. The first kappa shape index (κ1) is 11.3. The van der Waals surface area contributed by atoms with Gasteiger partial charge in [-0.3, -0.25) is 4.68 Å². The van der Waals surface area contributed by atoms with Crippen LogP contribution in [0.4, 0.5) is 11.4 Å². The number of rotatable bonds is 2. The fourth-order valence-corrected chi connectivity index (χ4v) is 2.15. The van der Waals surface area contributed by atoms with E-state index in [9.17, 15) is 0 Å². The van der Waals surface area contributed by atoms with E-state index in [1.807, 2.05) is 49.6 Å². The van der Waals surface area contributed by atoms with Gasteiger partial charge in [-0.25, -0.2) is 0 Å². The molecule has 1 aromatic heterocycles. The highest BCUT2D eigenvalue weighted by atomic mass is 15.3.